The number of hydrogen-bond acceptors (Lipinski definition) is 3. The van der Waals surface area contributed by atoms with Crippen LogP contribution in [0.1, 0.15) is 20.3 Å². The Morgan fingerprint density at radius 2 is 2.36 bits per heavy atom. The average Bonchev–Trinajstić information content (AvgIpc) is 1.87. The maximum atomic E-state index is 9.67. The zero-order chi connectivity index (χ0) is 8.74. The third-order valence-electron chi connectivity index (χ3n) is 1.38. The standard InChI is InChI=1S/C8H14N2O/c1-4-5-8(2,3)6-9-10-7-11/h4,9H,1,5-6H2,2-3H3. The fourth-order valence-corrected chi connectivity index (χ4v) is 0.749. The molecule has 0 atom stereocenters. The summed E-state index contributed by atoms with van der Waals surface area (Å²) in [5.74, 6) is 0. The summed E-state index contributed by atoms with van der Waals surface area (Å²) in [7, 11) is 0. The Hall–Kier alpha value is -1.08. The summed E-state index contributed by atoms with van der Waals surface area (Å²) in [6, 6.07) is 0. The number of carbonyl (C=O) groups excluding carboxylic acids is 1. The van der Waals surface area contributed by atoms with Crippen molar-refractivity contribution in [2.24, 2.45) is 10.5 Å². The lowest BCUT2D eigenvalue weighted by Crippen LogP contribution is -2.25. The lowest BCUT2D eigenvalue weighted by atomic mass is 9.90. The lowest BCUT2D eigenvalue weighted by Gasteiger charge is -2.21. The van der Waals surface area contributed by atoms with Gasteiger partial charge in [-0.15, -0.1) is 6.58 Å². The van der Waals surface area contributed by atoms with E-state index in [9.17, 15) is 4.79 Å². The van der Waals surface area contributed by atoms with Crippen molar-refractivity contribution >= 4 is 6.08 Å². The monoisotopic (exact) mass is 154 g/mol. The van der Waals surface area contributed by atoms with E-state index in [1.165, 1.54) is 6.08 Å². The van der Waals surface area contributed by atoms with E-state index < -0.39 is 0 Å². The van der Waals surface area contributed by atoms with E-state index in [1.807, 2.05) is 6.08 Å². The molecule has 3 heteroatoms. The molecule has 0 amide bonds. The van der Waals surface area contributed by atoms with Gasteiger partial charge in [0.1, 0.15) is 0 Å². The molecule has 0 spiro atoms. The molecule has 0 rings (SSSR count). The molecule has 3 nitrogen and oxygen atoms in total. The van der Waals surface area contributed by atoms with Gasteiger partial charge in [-0.2, -0.15) is 0 Å². The third-order valence-corrected chi connectivity index (χ3v) is 1.38. The summed E-state index contributed by atoms with van der Waals surface area (Å²) < 4.78 is 0. The Morgan fingerprint density at radius 1 is 1.73 bits per heavy atom. The number of hydrogen-bond donors (Lipinski definition) is 1. The van der Waals surface area contributed by atoms with Crippen molar-refractivity contribution in [2.45, 2.75) is 20.3 Å². The van der Waals surface area contributed by atoms with Gasteiger partial charge in [0.2, 0.25) is 0 Å². The van der Waals surface area contributed by atoms with E-state index >= 15 is 0 Å². The van der Waals surface area contributed by atoms with Crippen LogP contribution in [0, 0.1) is 5.41 Å². The van der Waals surface area contributed by atoms with Crippen LogP contribution in [-0.4, -0.2) is 12.6 Å². The molecule has 0 aromatic heterocycles. The van der Waals surface area contributed by atoms with Crippen LogP contribution in [0.4, 0.5) is 0 Å². The van der Waals surface area contributed by atoms with Crippen molar-refractivity contribution in [3.8, 4) is 0 Å². The fraction of sp³-hybridized carbons (Fsp3) is 0.625. The molecule has 0 fully saturated rings. The van der Waals surface area contributed by atoms with Crippen LogP contribution in [0.3, 0.4) is 0 Å². The van der Waals surface area contributed by atoms with Crippen LogP contribution < -0.4 is 5.43 Å². The van der Waals surface area contributed by atoms with Crippen molar-refractivity contribution in [3.63, 3.8) is 0 Å². The molecule has 0 aliphatic heterocycles. The van der Waals surface area contributed by atoms with E-state index in [-0.39, 0.29) is 5.41 Å². The molecule has 11 heavy (non-hydrogen) atoms. The second-order valence-electron chi connectivity index (χ2n) is 3.19. The van der Waals surface area contributed by atoms with Crippen LogP contribution in [0.25, 0.3) is 0 Å². The Morgan fingerprint density at radius 3 is 2.82 bits per heavy atom. The van der Waals surface area contributed by atoms with Gasteiger partial charge >= 0.3 is 0 Å². The second-order valence-corrected chi connectivity index (χ2v) is 3.19. The van der Waals surface area contributed by atoms with E-state index in [0.717, 1.165) is 6.42 Å². The van der Waals surface area contributed by atoms with Crippen molar-refractivity contribution in [2.75, 3.05) is 6.54 Å². The zero-order valence-corrected chi connectivity index (χ0v) is 7.05. The number of rotatable bonds is 5. The Labute approximate surface area is 67.2 Å². The van der Waals surface area contributed by atoms with Crippen LogP contribution in [0.2, 0.25) is 0 Å². The fourth-order valence-electron chi connectivity index (χ4n) is 0.749. The molecular formula is C8H14N2O. The summed E-state index contributed by atoms with van der Waals surface area (Å²) in [5, 5.41) is 3.25. The highest BCUT2D eigenvalue weighted by Crippen LogP contribution is 2.18. The summed E-state index contributed by atoms with van der Waals surface area (Å²) in [6.07, 6.45) is 4.17. The third kappa shape index (κ3) is 5.37. The molecule has 0 saturated carbocycles. The van der Waals surface area contributed by atoms with Gasteiger partial charge in [-0.1, -0.05) is 25.0 Å². The number of nitrogens with zero attached hydrogens (tertiary/aromatic N) is 1. The molecular weight excluding hydrogens is 140 g/mol. The highest BCUT2D eigenvalue weighted by molar-refractivity contribution is 5.32. The smallest absolute Gasteiger partial charge is 0.258 e. The van der Waals surface area contributed by atoms with Gasteiger partial charge in [-0.05, 0) is 11.8 Å². The molecule has 0 radical (unpaired) electrons. The van der Waals surface area contributed by atoms with E-state index in [0.29, 0.717) is 6.54 Å². The molecule has 0 aliphatic carbocycles. The van der Waals surface area contributed by atoms with Crippen LogP contribution in [0.5, 0.6) is 0 Å². The molecule has 62 valence electrons. The van der Waals surface area contributed by atoms with Crippen molar-refractivity contribution in [3.05, 3.63) is 12.7 Å². The largest absolute Gasteiger partial charge is 0.299 e. The minimum Gasteiger partial charge on any atom is -0.299 e. The molecule has 0 unspecified atom stereocenters. The first-order valence-corrected chi connectivity index (χ1v) is 3.53. The van der Waals surface area contributed by atoms with Crippen molar-refractivity contribution in [1.29, 1.82) is 0 Å². The van der Waals surface area contributed by atoms with Gasteiger partial charge in [0.15, 0.2) is 0 Å². The maximum Gasteiger partial charge on any atom is 0.258 e. The summed E-state index contributed by atoms with van der Waals surface area (Å²) in [5.41, 5.74) is 2.71. The molecule has 0 aliphatic rings. The second kappa shape index (κ2) is 4.69. The zero-order valence-electron chi connectivity index (χ0n) is 7.05. The van der Waals surface area contributed by atoms with E-state index in [1.54, 1.807) is 0 Å². The number of nitrogens with one attached hydrogen (secondary N) is 1. The normalized spacial score (nSPS) is 10.0. The SMILES string of the molecule is C=CCC(C)(C)CNN=C=O. The predicted octanol–water partition coefficient (Wildman–Crippen LogP) is 1.43. The first kappa shape index (κ1) is 9.92. The minimum absolute atomic E-state index is 0.0993. The van der Waals surface area contributed by atoms with Crippen molar-refractivity contribution < 1.29 is 4.79 Å². The van der Waals surface area contributed by atoms with Crippen molar-refractivity contribution in [1.82, 2.24) is 5.43 Å². The topological polar surface area (TPSA) is 41.5 Å². The van der Waals surface area contributed by atoms with Gasteiger partial charge in [-0.25, -0.2) is 4.79 Å². The molecule has 0 bridgehead atoms. The van der Waals surface area contributed by atoms with Crippen LogP contribution in [-0.2, 0) is 4.79 Å². The maximum absolute atomic E-state index is 9.67. The molecule has 0 aromatic carbocycles. The highest BCUT2D eigenvalue weighted by atomic mass is 16.1. The van der Waals surface area contributed by atoms with E-state index in [2.05, 4.69) is 31.0 Å². The average molecular weight is 154 g/mol. The first-order chi connectivity index (χ1) is 5.12. The van der Waals surface area contributed by atoms with E-state index in [4.69, 9.17) is 0 Å². The lowest BCUT2D eigenvalue weighted by molar-refractivity contribution is 0.349. The number of hydrazone groups is 1. The molecule has 0 heterocycles. The molecule has 0 saturated heterocycles. The Balaban J connectivity index is 3.70. The minimum atomic E-state index is 0.0993. The summed E-state index contributed by atoms with van der Waals surface area (Å²) >= 11 is 0. The first-order valence-electron chi connectivity index (χ1n) is 3.53. The predicted molar refractivity (Wildman–Crippen MR) is 44.7 cm³/mol. The van der Waals surface area contributed by atoms with Gasteiger partial charge in [-0.3, -0.25) is 5.43 Å². The summed E-state index contributed by atoms with van der Waals surface area (Å²) in [4.78, 5) is 9.67. The van der Waals surface area contributed by atoms with Gasteiger partial charge < -0.3 is 0 Å². The molecule has 0 aromatic rings. The number of allylic oxidation sites excluding steroid dienone is 1. The quantitative estimate of drug-likeness (QED) is 0.282. The Bertz CT molecular complexity index is 169. The van der Waals surface area contributed by atoms with Crippen LogP contribution in [0.15, 0.2) is 17.8 Å². The molecule has 1 N–H and O–H groups in total. The highest BCUT2D eigenvalue weighted by Gasteiger charge is 2.14. The number of isocyanates is 1. The summed E-state index contributed by atoms with van der Waals surface area (Å²) in [6.45, 7) is 8.44. The van der Waals surface area contributed by atoms with Gasteiger partial charge in [0, 0.05) is 6.54 Å². The Kier molecular flexibility index (Phi) is 4.23. The van der Waals surface area contributed by atoms with Gasteiger partial charge in [0.25, 0.3) is 6.08 Å². The van der Waals surface area contributed by atoms with Gasteiger partial charge in [0.05, 0.1) is 0 Å². The van der Waals surface area contributed by atoms with Crippen LogP contribution >= 0.6 is 0 Å².